The van der Waals surface area contributed by atoms with Crippen LogP contribution in [0.3, 0.4) is 0 Å². The molecule has 2 aromatic heterocycles. The number of methoxy groups -OCH3 is 1. The van der Waals surface area contributed by atoms with Crippen LogP contribution in [0.15, 0.2) is 18.2 Å². The van der Waals surface area contributed by atoms with Gasteiger partial charge in [0.2, 0.25) is 0 Å². The predicted molar refractivity (Wildman–Crippen MR) is 105 cm³/mol. The van der Waals surface area contributed by atoms with Gasteiger partial charge in [-0.3, -0.25) is 4.68 Å². The summed E-state index contributed by atoms with van der Waals surface area (Å²) in [5.74, 6) is 2.20. The Morgan fingerprint density at radius 1 is 1.27 bits per heavy atom. The Hall–Kier alpha value is -2.05. The van der Waals surface area contributed by atoms with E-state index in [4.69, 9.17) is 27.9 Å². The molecule has 0 aliphatic rings. The van der Waals surface area contributed by atoms with Crippen molar-refractivity contribution in [2.45, 2.75) is 32.2 Å². The van der Waals surface area contributed by atoms with Gasteiger partial charge in [0.1, 0.15) is 22.6 Å². The molecule has 0 spiro atoms. The zero-order chi connectivity index (χ0) is 18.7. The average molecular weight is 394 g/mol. The molecule has 0 saturated carbocycles. The van der Waals surface area contributed by atoms with Gasteiger partial charge in [-0.05, 0) is 24.1 Å². The number of aromatic nitrogens is 4. The quantitative estimate of drug-likeness (QED) is 0.605. The fraction of sp³-hybridized carbons (Fsp3) is 0.389. The number of nitrogens with one attached hydrogen (secondary N) is 1. The summed E-state index contributed by atoms with van der Waals surface area (Å²) in [5, 5.41) is 8.55. The van der Waals surface area contributed by atoms with E-state index in [9.17, 15) is 0 Å². The molecule has 2 heterocycles. The van der Waals surface area contributed by atoms with Crippen molar-refractivity contribution in [3.8, 4) is 5.75 Å². The highest BCUT2D eigenvalue weighted by Crippen LogP contribution is 2.27. The lowest BCUT2D eigenvalue weighted by molar-refractivity contribution is 0.415. The minimum atomic E-state index is 0.249. The van der Waals surface area contributed by atoms with Gasteiger partial charge in [-0.25, -0.2) is 9.97 Å². The standard InChI is InChI=1S/C18H21Cl2N5O/c1-4-5-13-16-17(25(2)24-13)18(23-15(9-19)22-16)21-10-11-6-7-14(26-3)12(20)8-11/h6-8H,4-5,9-10H2,1-3H3,(H,21,22,23). The Kier molecular flexibility index (Phi) is 5.84. The lowest BCUT2D eigenvalue weighted by atomic mass is 10.2. The largest absolute Gasteiger partial charge is 0.495 e. The summed E-state index contributed by atoms with van der Waals surface area (Å²) in [4.78, 5) is 9.13. The molecule has 0 atom stereocenters. The highest BCUT2D eigenvalue weighted by atomic mass is 35.5. The van der Waals surface area contributed by atoms with Crippen molar-refractivity contribution in [3.63, 3.8) is 0 Å². The van der Waals surface area contributed by atoms with Crippen LogP contribution in [-0.4, -0.2) is 26.9 Å². The lowest BCUT2D eigenvalue weighted by Crippen LogP contribution is -2.07. The van der Waals surface area contributed by atoms with Crippen LogP contribution in [0.1, 0.15) is 30.4 Å². The Bertz CT molecular complexity index is 926. The monoisotopic (exact) mass is 393 g/mol. The first-order valence-corrected chi connectivity index (χ1v) is 9.33. The van der Waals surface area contributed by atoms with Crippen LogP contribution >= 0.6 is 23.2 Å². The van der Waals surface area contributed by atoms with Gasteiger partial charge >= 0.3 is 0 Å². The van der Waals surface area contributed by atoms with E-state index in [1.807, 2.05) is 29.9 Å². The Morgan fingerprint density at radius 2 is 2.08 bits per heavy atom. The Morgan fingerprint density at radius 3 is 2.73 bits per heavy atom. The number of hydrogen-bond acceptors (Lipinski definition) is 5. The molecular weight excluding hydrogens is 373 g/mol. The maximum absolute atomic E-state index is 6.21. The molecule has 138 valence electrons. The van der Waals surface area contributed by atoms with Crippen molar-refractivity contribution < 1.29 is 4.74 Å². The number of nitrogens with zero attached hydrogens (tertiary/aromatic N) is 4. The Labute approximate surface area is 162 Å². The molecular formula is C18H21Cl2N5O. The highest BCUT2D eigenvalue weighted by molar-refractivity contribution is 6.32. The van der Waals surface area contributed by atoms with Gasteiger partial charge in [-0.2, -0.15) is 5.10 Å². The first-order chi connectivity index (χ1) is 12.6. The van der Waals surface area contributed by atoms with Crippen molar-refractivity contribution in [2.75, 3.05) is 12.4 Å². The van der Waals surface area contributed by atoms with Crippen molar-refractivity contribution in [1.29, 1.82) is 0 Å². The van der Waals surface area contributed by atoms with E-state index in [2.05, 4.69) is 27.3 Å². The fourth-order valence-electron chi connectivity index (χ4n) is 2.88. The first-order valence-electron chi connectivity index (χ1n) is 8.42. The van der Waals surface area contributed by atoms with Crippen molar-refractivity contribution in [3.05, 3.63) is 40.3 Å². The van der Waals surface area contributed by atoms with Gasteiger partial charge in [-0.15, -0.1) is 11.6 Å². The predicted octanol–water partition coefficient (Wildman–Crippen LogP) is 4.33. The summed E-state index contributed by atoms with van der Waals surface area (Å²) in [6.45, 7) is 2.68. The molecule has 6 nitrogen and oxygen atoms in total. The molecule has 0 amide bonds. The van der Waals surface area contributed by atoms with Crippen LogP contribution in [0.4, 0.5) is 5.82 Å². The first kappa shape index (κ1) is 18.7. The second-order valence-electron chi connectivity index (χ2n) is 5.96. The molecule has 0 fully saturated rings. The lowest BCUT2D eigenvalue weighted by Gasteiger charge is -2.10. The van der Waals surface area contributed by atoms with Crippen LogP contribution in [0.25, 0.3) is 11.0 Å². The van der Waals surface area contributed by atoms with Crippen molar-refractivity contribution >= 4 is 40.1 Å². The molecule has 1 N–H and O–H groups in total. The van der Waals surface area contributed by atoms with E-state index < -0.39 is 0 Å². The number of halogens is 2. The average Bonchev–Trinajstić information content (AvgIpc) is 2.96. The molecule has 0 radical (unpaired) electrons. The van der Waals surface area contributed by atoms with Gasteiger partial charge < -0.3 is 10.1 Å². The molecule has 0 aliphatic heterocycles. The van der Waals surface area contributed by atoms with Crippen LogP contribution < -0.4 is 10.1 Å². The van der Waals surface area contributed by atoms with Crippen LogP contribution in [0.2, 0.25) is 5.02 Å². The second kappa shape index (κ2) is 8.10. The molecule has 0 saturated heterocycles. The van der Waals surface area contributed by atoms with E-state index >= 15 is 0 Å². The molecule has 0 bridgehead atoms. The van der Waals surface area contributed by atoms with Crippen molar-refractivity contribution in [2.24, 2.45) is 7.05 Å². The minimum absolute atomic E-state index is 0.249. The molecule has 3 aromatic rings. The molecule has 0 unspecified atom stereocenters. The smallest absolute Gasteiger partial charge is 0.156 e. The molecule has 3 rings (SSSR count). The topological polar surface area (TPSA) is 64.9 Å². The zero-order valence-corrected chi connectivity index (χ0v) is 16.5. The fourth-order valence-corrected chi connectivity index (χ4v) is 3.28. The molecule has 8 heteroatoms. The van der Waals surface area contributed by atoms with Gasteiger partial charge in [0.05, 0.1) is 23.7 Å². The minimum Gasteiger partial charge on any atom is -0.495 e. The second-order valence-corrected chi connectivity index (χ2v) is 6.64. The third-order valence-corrected chi connectivity index (χ3v) is 4.61. The number of ether oxygens (including phenoxy) is 1. The zero-order valence-electron chi connectivity index (χ0n) is 15.0. The van der Waals surface area contributed by atoms with E-state index in [0.717, 1.165) is 41.0 Å². The summed E-state index contributed by atoms with van der Waals surface area (Å²) in [6.07, 6.45) is 1.86. The SMILES string of the molecule is CCCc1nn(C)c2c(NCc3ccc(OC)c(Cl)c3)nc(CCl)nc12. The van der Waals surface area contributed by atoms with E-state index in [0.29, 0.717) is 23.1 Å². The van der Waals surface area contributed by atoms with Gasteiger partial charge in [-0.1, -0.05) is 31.0 Å². The highest BCUT2D eigenvalue weighted by Gasteiger charge is 2.16. The van der Waals surface area contributed by atoms with Gasteiger partial charge in [0.25, 0.3) is 0 Å². The summed E-state index contributed by atoms with van der Waals surface area (Å²) in [6, 6.07) is 5.69. The summed E-state index contributed by atoms with van der Waals surface area (Å²) < 4.78 is 7.01. The molecule has 0 aliphatic carbocycles. The number of anilines is 1. The van der Waals surface area contributed by atoms with Crippen LogP contribution in [0.5, 0.6) is 5.75 Å². The van der Waals surface area contributed by atoms with E-state index in [1.54, 1.807) is 7.11 Å². The third-order valence-electron chi connectivity index (χ3n) is 4.08. The number of aryl methyl sites for hydroxylation is 2. The van der Waals surface area contributed by atoms with Crippen molar-refractivity contribution in [1.82, 2.24) is 19.7 Å². The van der Waals surface area contributed by atoms with Gasteiger partial charge in [0.15, 0.2) is 5.82 Å². The maximum atomic E-state index is 6.21. The number of hydrogen-bond donors (Lipinski definition) is 1. The maximum Gasteiger partial charge on any atom is 0.156 e. The number of benzene rings is 1. The number of rotatable bonds is 7. The normalized spacial score (nSPS) is 11.1. The Balaban J connectivity index is 1.95. The number of alkyl halides is 1. The van der Waals surface area contributed by atoms with E-state index in [1.165, 1.54) is 0 Å². The summed E-state index contributed by atoms with van der Waals surface area (Å²) >= 11 is 12.2. The third kappa shape index (κ3) is 3.71. The van der Waals surface area contributed by atoms with E-state index in [-0.39, 0.29) is 5.88 Å². The van der Waals surface area contributed by atoms with Crippen LogP contribution in [0, 0.1) is 0 Å². The van der Waals surface area contributed by atoms with Crippen LogP contribution in [-0.2, 0) is 25.9 Å². The number of fused-ring (bicyclic) bond motifs is 1. The molecule has 26 heavy (non-hydrogen) atoms. The summed E-state index contributed by atoms with van der Waals surface area (Å²) in [7, 11) is 3.50. The van der Waals surface area contributed by atoms with Gasteiger partial charge in [0, 0.05) is 13.6 Å². The molecule has 1 aromatic carbocycles. The summed E-state index contributed by atoms with van der Waals surface area (Å²) in [5.41, 5.74) is 3.72.